The van der Waals surface area contributed by atoms with E-state index in [1.165, 1.54) is 6.42 Å². The molecule has 0 aromatic rings. The lowest BCUT2D eigenvalue weighted by atomic mass is 10.1. The van der Waals surface area contributed by atoms with Gasteiger partial charge in [0.15, 0.2) is 0 Å². The highest BCUT2D eigenvalue weighted by Crippen LogP contribution is 2.52. The molecule has 1 saturated heterocycles. The molecule has 0 bridgehead atoms. The lowest BCUT2D eigenvalue weighted by Crippen LogP contribution is -2.42. The highest BCUT2D eigenvalue weighted by Gasteiger charge is 2.47. The molecule has 3 heteroatoms. The van der Waals surface area contributed by atoms with Crippen LogP contribution in [0.5, 0.6) is 0 Å². The van der Waals surface area contributed by atoms with E-state index < -0.39 is 0 Å². The molecule has 1 heterocycles. The van der Waals surface area contributed by atoms with E-state index in [1.54, 1.807) is 0 Å². The zero-order valence-corrected chi connectivity index (χ0v) is 10.9. The second-order valence-corrected chi connectivity index (χ2v) is 6.34. The Morgan fingerprint density at radius 3 is 2.62 bits per heavy atom. The van der Waals surface area contributed by atoms with Crippen LogP contribution in [-0.4, -0.2) is 36.0 Å². The smallest absolute Gasteiger partial charge is 0.239 e. The first kappa shape index (κ1) is 11.9. The van der Waals surface area contributed by atoms with Gasteiger partial charge >= 0.3 is 0 Å². The molecule has 1 saturated carbocycles. The van der Waals surface area contributed by atoms with Crippen molar-refractivity contribution in [2.45, 2.75) is 52.6 Å². The van der Waals surface area contributed by atoms with Crippen molar-refractivity contribution in [3.05, 3.63) is 0 Å². The molecule has 2 fully saturated rings. The normalized spacial score (nSPS) is 32.6. The molecule has 0 aromatic carbocycles. The zero-order valence-electron chi connectivity index (χ0n) is 10.9. The Labute approximate surface area is 98.6 Å². The lowest BCUT2D eigenvalue weighted by Gasteiger charge is -2.19. The first-order chi connectivity index (χ1) is 7.40. The highest BCUT2D eigenvalue weighted by molar-refractivity contribution is 5.84. The third kappa shape index (κ3) is 2.40. The Morgan fingerprint density at radius 2 is 2.12 bits per heavy atom. The Balaban J connectivity index is 1.83. The molecule has 1 amide bonds. The number of rotatable bonds is 4. The summed E-state index contributed by atoms with van der Waals surface area (Å²) in [6.07, 6.45) is 2.25. The van der Waals surface area contributed by atoms with Gasteiger partial charge in [-0.1, -0.05) is 27.7 Å². The average molecular weight is 224 g/mol. The Morgan fingerprint density at radius 1 is 1.50 bits per heavy atom. The van der Waals surface area contributed by atoms with E-state index in [4.69, 9.17) is 0 Å². The summed E-state index contributed by atoms with van der Waals surface area (Å²) in [7, 11) is 0. The van der Waals surface area contributed by atoms with Gasteiger partial charge in [0.1, 0.15) is 0 Å². The molecule has 0 spiro atoms. The molecule has 2 aliphatic rings. The summed E-state index contributed by atoms with van der Waals surface area (Å²) in [5, 5.41) is 3.34. The van der Waals surface area contributed by atoms with Crippen LogP contribution in [0.15, 0.2) is 0 Å². The highest BCUT2D eigenvalue weighted by atomic mass is 16.2. The third-order valence-electron chi connectivity index (χ3n) is 3.99. The van der Waals surface area contributed by atoms with Gasteiger partial charge in [-0.3, -0.25) is 4.79 Å². The molecular weight excluding hydrogens is 200 g/mol. The van der Waals surface area contributed by atoms with Crippen molar-refractivity contribution in [3.63, 3.8) is 0 Å². The summed E-state index contributed by atoms with van der Waals surface area (Å²) in [6.45, 7) is 10.7. The fraction of sp³-hybridized carbons (Fsp3) is 0.923. The molecule has 2 rings (SSSR count). The number of nitrogens with zero attached hydrogens (tertiary/aromatic N) is 1. The number of hydrogen-bond acceptors (Lipinski definition) is 2. The molecule has 1 aliphatic heterocycles. The molecule has 2 atom stereocenters. The standard InChI is InChI=1S/C13H24N2O/c1-9(2)14-11-5-6-15(12(11)16)8-10-7-13(10,3)4/h9-11,14H,5-8H2,1-4H3. The van der Waals surface area contributed by atoms with Gasteiger partial charge in [0.25, 0.3) is 0 Å². The van der Waals surface area contributed by atoms with Gasteiger partial charge in [-0.15, -0.1) is 0 Å². The van der Waals surface area contributed by atoms with Crippen LogP contribution in [0, 0.1) is 11.3 Å². The third-order valence-corrected chi connectivity index (χ3v) is 3.99. The largest absolute Gasteiger partial charge is 0.341 e. The van der Waals surface area contributed by atoms with Crippen LogP contribution < -0.4 is 5.32 Å². The van der Waals surface area contributed by atoms with Crippen LogP contribution in [0.4, 0.5) is 0 Å². The summed E-state index contributed by atoms with van der Waals surface area (Å²) in [4.78, 5) is 14.1. The van der Waals surface area contributed by atoms with E-state index in [0.717, 1.165) is 25.4 Å². The molecule has 1 aliphatic carbocycles. The van der Waals surface area contributed by atoms with Crippen molar-refractivity contribution >= 4 is 5.91 Å². The maximum Gasteiger partial charge on any atom is 0.239 e. The summed E-state index contributed by atoms with van der Waals surface area (Å²) in [5.74, 6) is 1.05. The van der Waals surface area contributed by atoms with Gasteiger partial charge in [0.2, 0.25) is 5.91 Å². The molecule has 2 unspecified atom stereocenters. The molecule has 1 N–H and O–H groups in total. The fourth-order valence-corrected chi connectivity index (χ4v) is 2.63. The predicted octanol–water partition coefficient (Wildman–Crippen LogP) is 1.63. The van der Waals surface area contributed by atoms with Crippen molar-refractivity contribution in [1.82, 2.24) is 10.2 Å². The van der Waals surface area contributed by atoms with Crippen molar-refractivity contribution in [2.24, 2.45) is 11.3 Å². The van der Waals surface area contributed by atoms with E-state index in [0.29, 0.717) is 17.4 Å². The number of amides is 1. The quantitative estimate of drug-likeness (QED) is 0.787. The summed E-state index contributed by atoms with van der Waals surface area (Å²) in [6, 6.07) is 0.466. The SMILES string of the molecule is CC(C)NC1CCN(CC2CC2(C)C)C1=O. The minimum absolute atomic E-state index is 0.0712. The molecule has 92 valence electrons. The summed E-state index contributed by atoms with van der Waals surface area (Å²) in [5.41, 5.74) is 0.476. The van der Waals surface area contributed by atoms with Crippen LogP contribution in [0.2, 0.25) is 0 Å². The summed E-state index contributed by atoms with van der Waals surface area (Å²) >= 11 is 0. The number of carbonyl (C=O) groups is 1. The van der Waals surface area contributed by atoms with Gasteiger partial charge < -0.3 is 10.2 Å². The van der Waals surface area contributed by atoms with Crippen molar-refractivity contribution in [3.8, 4) is 0 Å². The maximum atomic E-state index is 12.1. The number of likely N-dealkylation sites (tertiary alicyclic amines) is 1. The minimum Gasteiger partial charge on any atom is -0.341 e. The van der Waals surface area contributed by atoms with Crippen LogP contribution in [0.3, 0.4) is 0 Å². The number of carbonyl (C=O) groups excluding carboxylic acids is 1. The van der Waals surface area contributed by atoms with Crippen molar-refractivity contribution in [1.29, 1.82) is 0 Å². The van der Waals surface area contributed by atoms with E-state index in [1.807, 2.05) is 0 Å². The molecular formula is C13H24N2O. The number of nitrogens with one attached hydrogen (secondary N) is 1. The zero-order chi connectivity index (χ0) is 11.9. The van der Waals surface area contributed by atoms with Gasteiger partial charge in [-0.25, -0.2) is 0 Å². The van der Waals surface area contributed by atoms with E-state index in [9.17, 15) is 4.79 Å². The van der Waals surface area contributed by atoms with Gasteiger partial charge in [-0.05, 0) is 24.2 Å². The minimum atomic E-state index is 0.0712. The summed E-state index contributed by atoms with van der Waals surface area (Å²) < 4.78 is 0. The van der Waals surface area contributed by atoms with Gasteiger partial charge in [-0.2, -0.15) is 0 Å². The van der Waals surface area contributed by atoms with Crippen molar-refractivity contribution in [2.75, 3.05) is 13.1 Å². The molecule has 0 aromatic heterocycles. The van der Waals surface area contributed by atoms with E-state index in [-0.39, 0.29) is 6.04 Å². The molecule has 3 nitrogen and oxygen atoms in total. The van der Waals surface area contributed by atoms with E-state index in [2.05, 4.69) is 37.9 Å². The van der Waals surface area contributed by atoms with Crippen LogP contribution in [0.1, 0.15) is 40.5 Å². The molecule has 0 radical (unpaired) electrons. The predicted molar refractivity (Wildman–Crippen MR) is 65.1 cm³/mol. The number of hydrogen-bond donors (Lipinski definition) is 1. The van der Waals surface area contributed by atoms with Gasteiger partial charge in [0, 0.05) is 19.1 Å². The first-order valence-electron chi connectivity index (χ1n) is 6.45. The molecule has 16 heavy (non-hydrogen) atoms. The Kier molecular flexibility index (Phi) is 2.99. The lowest BCUT2D eigenvalue weighted by molar-refractivity contribution is -0.129. The van der Waals surface area contributed by atoms with Gasteiger partial charge in [0.05, 0.1) is 6.04 Å². The van der Waals surface area contributed by atoms with Crippen LogP contribution in [0.25, 0.3) is 0 Å². The topological polar surface area (TPSA) is 32.3 Å². The fourth-order valence-electron chi connectivity index (χ4n) is 2.63. The van der Waals surface area contributed by atoms with Crippen molar-refractivity contribution < 1.29 is 4.79 Å². The Bertz CT molecular complexity index is 286. The van der Waals surface area contributed by atoms with E-state index >= 15 is 0 Å². The monoisotopic (exact) mass is 224 g/mol. The Hall–Kier alpha value is -0.570. The van der Waals surface area contributed by atoms with Crippen LogP contribution in [-0.2, 0) is 4.79 Å². The first-order valence-corrected chi connectivity index (χ1v) is 6.45. The maximum absolute atomic E-state index is 12.1. The average Bonchev–Trinajstić information content (AvgIpc) is 2.62. The second kappa shape index (κ2) is 4.02. The second-order valence-electron chi connectivity index (χ2n) is 6.34. The van der Waals surface area contributed by atoms with Crippen LogP contribution >= 0.6 is 0 Å².